The number of nitrogens with one attached hydrogen (secondary N) is 2. The van der Waals surface area contributed by atoms with Gasteiger partial charge in [0.1, 0.15) is 12.7 Å². The molecule has 1 fully saturated rings. The second-order valence-electron chi connectivity index (χ2n) is 9.49. The SMILES string of the molecule is CC(C)(CC(=O)O)NC(=O)C1OCCC1CNC(=O)OCC1c2ccccc2-c2ccccc21. The zero-order valence-electron chi connectivity index (χ0n) is 19.4. The van der Waals surface area contributed by atoms with Crippen LogP contribution in [-0.4, -0.2) is 54.5 Å². The number of benzene rings is 2. The molecule has 34 heavy (non-hydrogen) atoms. The fourth-order valence-corrected chi connectivity index (χ4v) is 4.82. The van der Waals surface area contributed by atoms with Crippen molar-refractivity contribution in [3.05, 3.63) is 59.7 Å². The van der Waals surface area contributed by atoms with Gasteiger partial charge >= 0.3 is 12.1 Å². The van der Waals surface area contributed by atoms with E-state index in [2.05, 4.69) is 34.9 Å². The van der Waals surface area contributed by atoms with Gasteiger partial charge in [-0.15, -0.1) is 0 Å². The Bertz CT molecular complexity index is 1040. The lowest BCUT2D eigenvalue weighted by molar-refractivity contribution is -0.139. The number of carboxylic acids is 1. The van der Waals surface area contributed by atoms with Crippen LogP contribution in [0.5, 0.6) is 0 Å². The quantitative estimate of drug-likeness (QED) is 0.550. The number of aliphatic carboxylic acids is 1. The maximum atomic E-state index is 12.7. The molecule has 3 N–H and O–H groups in total. The van der Waals surface area contributed by atoms with Crippen molar-refractivity contribution < 1.29 is 29.0 Å². The zero-order valence-corrected chi connectivity index (χ0v) is 19.4. The van der Waals surface area contributed by atoms with Gasteiger partial charge in [0.15, 0.2) is 0 Å². The molecule has 0 saturated carbocycles. The number of hydrogen-bond acceptors (Lipinski definition) is 5. The summed E-state index contributed by atoms with van der Waals surface area (Å²) < 4.78 is 11.1. The molecule has 2 unspecified atom stereocenters. The van der Waals surface area contributed by atoms with Gasteiger partial charge < -0.3 is 25.2 Å². The van der Waals surface area contributed by atoms with Crippen molar-refractivity contribution in [3.63, 3.8) is 0 Å². The molecule has 2 aliphatic rings. The molecular formula is C26H30N2O6. The monoisotopic (exact) mass is 466 g/mol. The van der Waals surface area contributed by atoms with E-state index in [1.54, 1.807) is 13.8 Å². The molecule has 8 nitrogen and oxygen atoms in total. The number of carbonyl (C=O) groups excluding carboxylic acids is 2. The first-order chi connectivity index (χ1) is 16.2. The Morgan fingerprint density at radius 2 is 1.68 bits per heavy atom. The lowest BCUT2D eigenvalue weighted by Gasteiger charge is -2.27. The maximum Gasteiger partial charge on any atom is 0.407 e. The van der Waals surface area contributed by atoms with Gasteiger partial charge in [-0.1, -0.05) is 48.5 Å². The number of ether oxygens (including phenoxy) is 2. The normalized spacial score (nSPS) is 19.2. The van der Waals surface area contributed by atoms with E-state index in [4.69, 9.17) is 14.6 Å². The van der Waals surface area contributed by atoms with Crippen molar-refractivity contribution in [1.82, 2.24) is 10.6 Å². The highest BCUT2D eigenvalue weighted by Gasteiger charge is 2.37. The van der Waals surface area contributed by atoms with Gasteiger partial charge in [-0.2, -0.15) is 0 Å². The predicted molar refractivity (Wildman–Crippen MR) is 125 cm³/mol. The average molecular weight is 467 g/mol. The van der Waals surface area contributed by atoms with Crippen LogP contribution in [-0.2, 0) is 19.1 Å². The summed E-state index contributed by atoms with van der Waals surface area (Å²) in [4.78, 5) is 36.1. The number of carboxylic acid groups (broad SMARTS) is 1. The van der Waals surface area contributed by atoms with Crippen LogP contribution >= 0.6 is 0 Å². The highest BCUT2D eigenvalue weighted by Crippen LogP contribution is 2.44. The maximum absolute atomic E-state index is 12.7. The van der Waals surface area contributed by atoms with Crippen molar-refractivity contribution in [2.24, 2.45) is 5.92 Å². The Kier molecular flexibility index (Phi) is 6.88. The fraction of sp³-hybridized carbons (Fsp3) is 0.423. The summed E-state index contributed by atoms with van der Waals surface area (Å²) in [7, 11) is 0. The van der Waals surface area contributed by atoms with Crippen molar-refractivity contribution >= 4 is 18.0 Å². The third-order valence-corrected chi connectivity index (χ3v) is 6.38. The molecule has 180 valence electrons. The van der Waals surface area contributed by atoms with E-state index in [1.165, 1.54) is 0 Å². The summed E-state index contributed by atoms with van der Waals surface area (Å²) in [5, 5.41) is 14.5. The third-order valence-electron chi connectivity index (χ3n) is 6.38. The number of rotatable bonds is 8. The van der Waals surface area contributed by atoms with E-state index in [1.807, 2.05) is 24.3 Å². The first kappa shape index (κ1) is 23.8. The van der Waals surface area contributed by atoms with Gasteiger partial charge in [-0.25, -0.2) is 4.79 Å². The van der Waals surface area contributed by atoms with Crippen molar-refractivity contribution in [2.75, 3.05) is 19.8 Å². The van der Waals surface area contributed by atoms with Gasteiger partial charge in [-0.05, 0) is 42.5 Å². The number of fused-ring (bicyclic) bond motifs is 3. The van der Waals surface area contributed by atoms with Gasteiger partial charge in [-0.3, -0.25) is 9.59 Å². The second kappa shape index (κ2) is 9.85. The first-order valence-corrected chi connectivity index (χ1v) is 11.5. The topological polar surface area (TPSA) is 114 Å². The minimum absolute atomic E-state index is 0.0250. The molecule has 2 amide bonds. The van der Waals surface area contributed by atoms with Crippen LogP contribution in [0.1, 0.15) is 43.7 Å². The van der Waals surface area contributed by atoms with E-state index in [0.29, 0.717) is 13.0 Å². The molecule has 0 spiro atoms. The average Bonchev–Trinajstić information content (AvgIpc) is 3.38. The van der Waals surface area contributed by atoms with E-state index in [0.717, 1.165) is 22.3 Å². The van der Waals surface area contributed by atoms with Crippen LogP contribution in [0.4, 0.5) is 4.79 Å². The van der Waals surface area contributed by atoms with Crippen LogP contribution in [0.3, 0.4) is 0 Å². The molecule has 1 heterocycles. The van der Waals surface area contributed by atoms with Crippen molar-refractivity contribution in [1.29, 1.82) is 0 Å². The molecular weight excluding hydrogens is 436 g/mol. The standard InChI is InChI=1S/C26H30N2O6/c1-26(2,13-22(29)30)28-24(31)23-16(11-12-33-23)14-27-25(32)34-15-21-19-9-5-3-7-17(19)18-8-4-6-10-20(18)21/h3-10,16,21,23H,11-15H2,1-2H3,(H,27,32)(H,28,31)(H,29,30). The van der Waals surface area contributed by atoms with Crippen LogP contribution < -0.4 is 10.6 Å². The third kappa shape index (κ3) is 5.22. The van der Waals surface area contributed by atoms with Gasteiger partial charge in [0, 0.05) is 30.5 Å². The predicted octanol–water partition coefficient (Wildman–Crippen LogP) is 3.30. The Morgan fingerprint density at radius 3 is 2.29 bits per heavy atom. The summed E-state index contributed by atoms with van der Waals surface area (Å²) in [5.41, 5.74) is 3.70. The second-order valence-corrected chi connectivity index (χ2v) is 9.49. The van der Waals surface area contributed by atoms with E-state index in [9.17, 15) is 14.4 Å². The van der Waals surface area contributed by atoms with Crippen molar-refractivity contribution in [3.8, 4) is 11.1 Å². The molecule has 4 rings (SSSR count). The minimum atomic E-state index is -0.994. The Morgan fingerprint density at radius 1 is 1.06 bits per heavy atom. The molecule has 0 aromatic heterocycles. The highest BCUT2D eigenvalue weighted by atomic mass is 16.5. The molecule has 0 bridgehead atoms. The number of alkyl carbamates (subject to hydrolysis) is 1. The summed E-state index contributed by atoms with van der Waals surface area (Å²) in [6.45, 7) is 4.15. The molecule has 1 aliphatic heterocycles. The van der Waals surface area contributed by atoms with Crippen LogP contribution in [0.25, 0.3) is 11.1 Å². The molecule has 0 radical (unpaired) electrons. The minimum Gasteiger partial charge on any atom is -0.481 e. The van der Waals surface area contributed by atoms with E-state index in [-0.39, 0.29) is 37.3 Å². The fourth-order valence-electron chi connectivity index (χ4n) is 4.82. The number of carbonyl (C=O) groups is 3. The van der Waals surface area contributed by atoms with Gasteiger partial charge in [0.05, 0.1) is 6.42 Å². The zero-order chi connectivity index (χ0) is 24.3. The van der Waals surface area contributed by atoms with Crippen molar-refractivity contribution in [2.45, 2.75) is 44.2 Å². The molecule has 1 aliphatic carbocycles. The lowest BCUT2D eigenvalue weighted by Crippen LogP contribution is -2.51. The van der Waals surface area contributed by atoms with E-state index >= 15 is 0 Å². The molecule has 1 saturated heterocycles. The Hall–Kier alpha value is -3.39. The molecule has 2 aromatic carbocycles. The Balaban J connectivity index is 1.30. The molecule has 8 heteroatoms. The summed E-state index contributed by atoms with van der Waals surface area (Å²) >= 11 is 0. The van der Waals surface area contributed by atoms with Crippen LogP contribution in [0, 0.1) is 5.92 Å². The lowest BCUT2D eigenvalue weighted by atomic mass is 9.97. The number of amides is 2. The largest absolute Gasteiger partial charge is 0.481 e. The molecule has 2 aromatic rings. The van der Waals surface area contributed by atoms with Gasteiger partial charge in [0.25, 0.3) is 0 Å². The summed E-state index contributed by atoms with van der Waals surface area (Å²) in [6.07, 6.45) is -0.879. The summed E-state index contributed by atoms with van der Waals surface area (Å²) in [6, 6.07) is 16.3. The summed E-state index contributed by atoms with van der Waals surface area (Å²) in [5.74, 6) is -1.61. The number of hydrogen-bond donors (Lipinski definition) is 3. The Labute approximate surface area is 198 Å². The highest BCUT2D eigenvalue weighted by molar-refractivity contribution is 5.83. The van der Waals surface area contributed by atoms with Crippen LogP contribution in [0.2, 0.25) is 0 Å². The van der Waals surface area contributed by atoms with Gasteiger partial charge in [0.2, 0.25) is 5.91 Å². The first-order valence-electron chi connectivity index (χ1n) is 11.5. The smallest absolute Gasteiger partial charge is 0.407 e. The van der Waals surface area contributed by atoms with E-state index < -0.39 is 23.7 Å². The van der Waals surface area contributed by atoms with Crippen LogP contribution in [0.15, 0.2) is 48.5 Å². The molecule has 2 atom stereocenters.